The Labute approximate surface area is 242 Å². The molecule has 0 aromatic rings. The van der Waals surface area contributed by atoms with Gasteiger partial charge < -0.3 is 18.9 Å². The molecule has 0 spiro atoms. The van der Waals surface area contributed by atoms with Gasteiger partial charge in [-0.2, -0.15) is 0 Å². The average molecular weight is 569 g/mol. The van der Waals surface area contributed by atoms with Gasteiger partial charge in [-0.1, -0.05) is 86.6 Å². The van der Waals surface area contributed by atoms with E-state index in [1.165, 1.54) is 0 Å². The van der Waals surface area contributed by atoms with E-state index in [2.05, 4.69) is 27.4 Å². The van der Waals surface area contributed by atoms with E-state index in [0.717, 1.165) is 44.6 Å². The van der Waals surface area contributed by atoms with E-state index >= 15 is 0 Å². The highest BCUT2D eigenvalue weighted by molar-refractivity contribution is 5.81. The topological polar surface area (TPSA) is 105 Å². The highest BCUT2D eigenvalue weighted by Crippen LogP contribution is 2.26. The summed E-state index contributed by atoms with van der Waals surface area (Å²) in [4.78, 5) is 51.0. The molecule has 0 saturated carbocycles. The first-order valence-corrected chi connectivity index (χ1v) is 15.5. The summed E-state index contributed by atoms with van der Waals surface area (Å²) in [5, 5.41) is 0. The molecular weight excluding hydrogens is 512 g/mol. The molecule has 0 amide bonds. The van der Waals surface area contributed by atoms with E-state index in [4.69, 9.17) is 18.9 Å². The van der Waals surface area contributed by atoms with Gasteiger partial charge in [0.05, 0.1) is 17.8 Å². The maximum Gasteiger partial charge on any atom is 0.330 e. The van der Waals surface area contributed by atoms with E-state index < -0.39 is 11.4 Å². The Morgan fingerprint density at radius 2 is 0.875 bits per heavy atom. The zero-order chi connectivity index (χ0) is 30.4. The smallest absolute Gasteiger partial charge is 0.330 e. The average Bonchev–Trinajstić information content (AvgIpc) is 2.97. The zero-order valence-electron chi connectivity index (χ0n) is 26.1. The Kier molecular flexibility index (Phi) is 21.0. The number of carbonyl (C=O) groups is 4. The largest absolute Gasteiger partial charge is 0.464 e. The lowest BCUT2D eigenvalue weighted by Crippen LogP contribution is -2.45. The molecule has 0 rings (SSSR count). The number of esters is 4. The summed E-state index contributed by atoms with van der Waals surface area (Å²) in [6.07, 6.45) is 10.6. The first-order valence-electron chi connectivity index (χ1n) is 15.5. The highest BCUT2D eigenvalue weighted by Gasteiger charge is 2.39. The van der Waals surface area contributed by atoms with Crippen LogP contribution in [0, 0.1) is 23.2 Å². The van der Waals surface area contributed by atoms with Crippen LogP contribution in [0.5, 0.6) is 0 Å². The molecule has 0 heterocycles. The van der Waals surface area contributed by atoms with Gasteiger partial charge in [0.25, 0.3) is 0 Å². The van der Waals surface area contributed by atoms with Gasteiger partial charge in [0, 0.05) is 6.08 Å². The van der Waals surface area contributed by atoms with Crippen molar-refractivity contribution in [2.45, 2.75) is 119 Å². The molecule has 0 aliphatic heterocycles. The summed E-state index contributed by atoms with van der Waals surface area (Å²) in [5.41, 5.74) is -1.26. The second-order valence-electron chi connectivity index (χ2n) is 10.9. The third-order valence-electron chi connectivity index (χ3n) is 7.45. The molecule has 0 N–H and O–H groups in total. The lowest BCUT2D eigenvalue weighted by Gasteiger charge is -2.33. The molecule has 8 heteroatoms. The Morgan fingerprint density at radius 1 is 0.575 bits per heavy atom. The number of unbranched alkanes of at least 4 members (excludes halogenated alkanes) is 3. The van der Waals surface area contributed by atoms with Crippen LogP contribution >= 0.6 is 0 Å². The standard InChI is InChI=1S/C32H56O8/c1-8-15-18-25(11-4)29(34)38-22-32(21-37-28(33)14-7,23-39-30(35)26(12-5)19-16-9-2)24-40-31(36)27(13-6)20-17-10-3/h14,25-27H,7-13,15-24H2,1-6H3. The quantitative estimate of drug-likeness (QED) is 0.0697. The monoisotopic (exact) mass is 568 g/mol. The number of rotatable bonds is 24. The van der Waals surface area contributed by atoms with E-state index in [1.807, 2.05) is 20.8 Å². The maximum absolute atomic E-state index is 13.0. The van der Waals surface area contributed by atoms with Crippen molar-refractivity contribution in [1.82, 2.24) is 0 Å². The third-order valence-corrected chi connectivity index (χ3v) is 7.45. The van der Waals surface area contributed by atoms with Gasteiger partial charge in [0.15, 0.2) is 0 Å². The Balaban J connectivity index is 6.01. The van der Waals surface area contributed by atoms with Crippen molar-refractivity contribution in [2.75, 3.05) is 26.4 Å². The summed E-state index contributed by atoms with van der Waals surface area (Å²) in [6.45, 7) is 14.5. The van der Waals surface area contributed by atoms with Gasteiger partial charge in [0.1, 0.15) is 31.8 Å². The van der Waals surface area contributed by atoms with Crippen LogP contribution in [-0.2, 0) is 38.1 Å². The Morgan fingerprint density at radius 3 is 1.12 bits per heavy atom. The van der Waals surface area contributed by atoms with Gasteiger partial charge in [-0.15, -0.1) is 0 Å². The fourth-order valence-electron chi connectivity index (χ4n) is 4.38. The summed E-state index contributed by atoms with van der Waals surface area (Å²) in [7, 11) is 0. The summed E-state index contributed by atoms with van der Waals surface area (Å²) in [5.74, 6) is -2.57. The lowest BCUT2D eigenvalue weighted by molar-refractivity contribution is -0.174. The Bertz CT molecular complexity index is 668. The van der Waals surface area contributed by atoms with Crippen LogP contribution in [0.2, 0.25) is 0 Å². The van der Waals surface area contributed by atoms with Crippen LogP contribution in [-0.4, -0.2) is 50.3 Å². The number of ether oxygens (including phenoxy) is 4. The fraction of sp³-hybridized carbons (Fsp3) is 0.812. The van der Waals surface area contributed by atoms with Crippen molar-refractivity contribution in [3.63, 3.8) is 0 Å². The molecule has 0 fully saturated rings. The second-order valence-corrected chi connectivity index (χ2v) is 10.9. The molecule has 0 bridgehead atoms. The summed E-state index contributed by atoms with van der Waals surface area (Å²) < 4.78 is 22.6. The van der Waals surface area contributed by atoms with E-state index in [9.17, 15) is 19.2 Å². The van der Waals surface area contributed by atoms with Crippen molar-refractivity contribution in [3.05, 3.63) is 12.7 Å². The third kappa shape index (κ3) is 14.8. The molecule has 0 aliphatic carbocycles. The molecular formula is C32H56O8. The molecule has 3 atom stereocenters. The first-order chi connectivity index (χ1) is 19.2. The van der Waals surface area contributed by atoms with Crippen LogP contribution in [0.4, 0.5) is 0 Å². The summed E-state index contributed by atoms with van der Waals surface area (Å²) in [6, 6.07) is 0. The van der Waals surface area contributed by atoms with Crippen LogP contribution in [0.15, 0.2) is 12.7 Å². The molecule has 0 saturated heterocycles. The number of hydrogen-bond donors (Lipinski definition) is 0. The van der Waals surface area contributed by atoms with Crippen molar-refractivity contribution in [1.29, 1.82) is 0 Å². The minimum atomic E-state index is -1.26. The van der Waals surface area contributed by atoms with E-state index in [1.54, 1.807) is 0 Å². The van der Waals surface area contributed by atoms with Crippen LogP contribution in [0.25, 0.3) is 0 Å². The molecule has 0 aromatic carbocycles. The van der Waals surface area contributed by atoms with Crippen molar-refractivity contribution in [3.8, 4) is 0 Å². The maximum atomic E-state index is 13.0. The van der Waals surface area contributed by atoms with Gasteiger partial charge >= 0.3 is 23.9 Å². The molecule has 232 valence electrons. The van der Waals surface area contributed by atoms with Crippen molar-refractivity contribution < 1.29 is 38.1 Å². The molecule has 0 radical (unpaired) electrons. The van der Waals surface area contributed by atoms with Gasteiger partial charge in [0.2, 0.25) is 0 Å². The molecule has 0 aromatic heterocycles. The molecule has 3 unspecified atom stereocenters. The van der Waals surface area contributed by atoms with Crippen LogP contribution in [0.3, 0.4) is 0 Å². The summed E-state index contributed by atoms with van der Waals surface area (Å²) >= 11 is 0. The number of hydrogen-bond acceptors (Lipinski definition) is 8. The van der Waals surface area contributed by atoms with Crippen molar-refractivity contribution in [2.24, 2.45) is 23.2 Å². The SMILES string of the molecule is C=CC(=O)OCC(COC(=O)C(CC)CCCC)(COC(=O)C(CC)CCCC)COC(=O)C(CC)CCCC. The van der Waals surface area contributed by atoms with Gasteiger partial charge in [-0.3, -0.25) is 14.4 Å². The van der Waals surface area contributed by atoms with Gasteiger partial charge in [-0.05, 0) is 38.5 Å². The highest BCUT2D eigenvalue weighted by atomic mass is 16.6. The predicted molar refractivity (Wildman–Crippen MR) is 156 cm³/mol. The van der Waals surface area contributed by atoms with E-state index in [-0.39, 0.29) is 62.1 Å². The normalized spacial score (nSPS) is 14.8. The Hall–Kier alpha value is -2.38. The molecule has 8 nitrogen and oxygen atoms in total. The minimum absolute atomic E-state index is 0.225. The molecule has 0 aliphatic rings. The first kappa shape index (κ1) is 37.6. The minimum Gasteiger partial charge on any atom is -0.464 e. The van der Waals surface area contributed by atoms with Crippen LogP contribution in [0.1, 0.15) is 119 Å². The van der Waals surface area contributed by atoms with Crippen LogP contribution < -0.4 is 0 Å². The van der Waals surface area contributed by atoms with Gasteiger partial charge in [-0.25, -0.2) is 4.79 Å². The second kappa shape index (κ2) is 22.3. The fourth-order valence-corrected chi connectivity index (χ4v) is 4.38. The predicted octanol–water partition coefficient (Wildman–Crippen LogP) is 6.98. The van der Waals surface area contributed by atoms with Crippen molar-refractivity contribution >= 4 is 23.9 Å². The van der Waals surface area contributed by atoms with E-state index in [0.29, 0.717) is 38.5 Å². The molecule has 40 heavy (non-hydrogen) atoms. The zero-order valence-corrected chi connectivity index (χ0v) is 26.1. The number of carbonyl (C=O) groups excluding carboxylic acids is 4. The lowest BCUT2D eigenvalue weighted by atomic mass is 9.91.